The fraction of sp³-hybridized carbons (Fsp3) is 0.345. The molecule has 1 atom stereocenters. The van der Waals surface area contributed by atoms with Crippen molar-refractivity contribution in [3.05, 3.63) is 75.8 Å². The second kappa shape index (κ2) is 12.0. The molecule has 37 heavy (non-hydrogen) atoms. The predicted molar refractivity (Wildman–Crippen MR) is 149 cm³/mol. The zero-order valence-corrected chi connectivity index (χ0v) is 22.6. The second-order valence-corrected chi connectivity index (χ2v) is 10.1. The average molecular weight is 540 g/mol. The number of hydrogen-bond donors (Lipinski definition) is 1. The van der Waals surface area contributed by atoms with Gasteiger partial charge in [-0.2, -0.15) is 0 Å². The van der Waals surface area contributed by atoms with Crippen LogP contribution in [0.4, 0.5) is 5.69 Å². The fourth-order valence-corrected chi connectivity index (χ4v) is 5.01. The second-order valence-electron chi connectivity index (χ2n) is 9.33. The maximum atomic E-state index is 13.4. The zero-order valence-electron chi connectivity index (χ0n) is 21.1. The van der Waals surface area contributed by atoms with E-state index < -0.39 is 6.04 Å². The summed E-state index contributed by atoms with van der Waals surface area (Å²) >= 11 is 12.3. The average Bonchev–Trinajstić information content (AvgIpc) is 3.17. The number of nitrogens with zero attached hydrogens (tertiary/aromatic N) is 2. The number of hydrogen-bond acceptors (Lipinski definition) is 3. The zero-order chi connectivity index (χ0) is 26.5. The van der Waals surface area contributed by atoms with Crippen molar-refractivity contribution in [2.75, 3.05) is 18.0 Å². The Morgan fingerprint density at radius 3 is 2.51 bits per heavy atom. The molecule has 1 heterocycles. The molecule has 3 aromatic rings. The van der Waals surface area contributed by atoms with Crippen molar-refractivity contribution in [2.24, 2.45) is 0 Å². The van der Waals surface area contributed by atoms with Crippen LogP contribution in [0.15, 0.2) is 54.6 Å². The lowest BCUT2D eigenvalue weighted by Gasteiger charge is -2.29. The predicted octanol–water partition coefficient (Wildman–Crippen LogP) is 6.22. The molecular weight excluding hydrogens is 509 g/mol. The van der Waals surface area contributed by atoms with E-state index in [1.54, 1.807) is 34.9 Å². The van der Waals surface area contributed by atoms with E-state index in [2.05, 4.69) is 12.2 Å². The van der Waals surface area contributed by atoms with Gasteiger partial charge >= 0.3 is 0 Å². The minimum Gasteiger partial charge on any atom is -0.354 e. The Hall–Kier alpha value is -3.09. The van der Waals surface area contributed by atoms with Crippen LogP contribution in [0, 0.1) is 0 Å². The van der Waals surface area contributed by atoms with Crippen LogP contribution < -0.4 is 10.2 Å². The lowest BCUT2D eigenvalue weighted by Crippen LogP contribution is -2.47. The van der Waals surface area contributed by atoms with Crippen LogP contribution in [0.25, 0.3) is 10.8 Å². The van der Waals surface area contributed by atoms with Crippen LogP contribution in [-0.4, -0.2) is 41.8 Å². The Kier molecular flexibility index (Phi) is 8.72. The lowest BCUT2D eigenvalue weighted by molar-refractivity contribution is -0.140. The number of carbonyl (C=O) groups is 3. The number of anilines is 1. The summed E-state index contributed by atoms with van der Waals surface area (Å²) in [5.74, 6) is -0.402. The molecule has 0 radical (unpaired) electrons. The summed E-state index contributed by atoms with van der Waals surface area (Å²) in [5.41, 5.74) is 2.35. The van der Waals surface area contributed by atoms with Gasteiger partial charge in [-0.05, 0) is 55.0 Å². The monoisotopic (exact) mass is 539 g/mol. The highest BCUT2D eigenvalue weighted by Crippen LogP contribution is 2.37. The molecule has 0 spiro atoms. The maximum absolute atomic E-state index is 13.4. The van der Waals surface area contributed by atoms with E-state index in [-0.39, 0.29) is 30.7 Å². The standard InChI is InChI=1S/C29H31Cl2N3O3/c1-3-4-15-32-28(36)19(2)34(18-20-13-14-23(30)24(31)17-20)26(35)12-7-16-33-25-11-6-9-21-8-5-10-22(27(21)25)29(33)37/h5-6,8-11,13-14,17,19H,3-4,7,12,15-16,18H2,1-2H3,(H,32,36)/t19-/m1/s1. The van der Waals surface area contributed by atoms with Crippen LogP contribution >= 0.6 is 23.2 Å². The molecule has 4 rings (SSSR count). The van der Waals surface area contributed by atoms with Crippen LogP contribution in [0.3, 0.4) is 0 Å². The van der Waals surface area contributed by atoms with E-state index in [4.69, 9.17) is 23.2 Å². The van der Waals surface area contributed by atoms with Crippen molar-refractivity contribution in [1.29, 1.82) is 0 Å². The van der Waals surface area contributed by atoms with Gasteiger partial charge in [-0.3, -0.25) is 14.4 Å². The summed E-state index contributed by atoms with van der Waals surface area (Å²) in [6.07, 6.45) is 2.51. The number of carbonyl (C=O) groups excluding carboxylic acids is 3. The van der Waals surface area contributed by atoms with Crippen LogP contribution in [0.5, 0.6) is 0 Å². The molecule has 1 N–H and O–H groups in total. The maximum Gasteiger partial charge on any atom is 0.258 e. The highest BCUT2D eigenvalue weighted by molar-refractivity contribution is 6.42. The fourth-order valence-electron chi connectivity index (χ4n) is 4.69. The van der Waals surface area contributed by atoms with Gasteiger partial charge < -0.3 is 15.1 Å². The smallest absolute Gasteiger partial charge is 0.258 e. The van der Waals surface area contributed by atoms with E-state index in [0.717, 1.165) is 34.9 Å². The number of nitrogens with one attached hydrogen (secondary N) is 1. The molecule has 1 aliphatic rings. The van der Waals surface area contributed by atoms with Gasteiger partial charge in [0.2, 0.25) is 11.8 Å². The molecule has 194 valence electrons. The van der Waals surface area contributed by atoms with Gasteiger partial charge in [-0.25, -0.2) is 0 Å². The summed E-state index contributed by atoms with van der Waals surface area (Å²) in [6, 6.07) is 16.2. The largest absolute Gasteiger partial charge is 0.354 e. The van der Waals surface area contributed by atoms with Gasteiger partial charge in [-0.1, -0.05) is 66.9 Å². The number of unbranched alkanes of at least 4 members (excludes halogenated alkanes) is 1. The third-order valence-electron chi connectivity index (χ3n) is 6.76. The third kappa shape index (κ3) is 5.91. The molecule has 0 aromatic heterocycles. The molecule has 3 amide bonds. The van der Waals surface area contributed by atoms with Crippen molar-refractivity contribution in [1.82, 2.24) is 10.2 Å². The molecule has 0 aliphatic carbocycles. The van der Waals surface area contributed by atoms with E-state index in [9.17, 15) is 14.4 Å². The molecule has 6 nitrogen and oxygen atoms in total. The molecule has 0 saturated carbocycles. The van der Waals surface area contributed by atoms with Gasteiger partial charge in [0.25, 0.3) is 5.91 Å². The van der Waals surface area contributed by atoms with Gasteiger partial charge in [0.15, 0.2) is 0 Å². The molecule has 0 bridgehead atoms. The van der Waals surface area contributed by atoms with Crippen molar-refractivity contribution in [2.45, 2.75) is 52.1 Å². The van der Waals surface area contributed by atoms with Crippen molar-refractivity contribution >= 4 is 57.4 Å². The third-order valence-corrected chi connectivity index (χ3v) is 7.49. The molecule has 0 fully saturated rings. The highest BCUT2D eigenvalue weighted by Gasteiger charge is 2.30. The van der Waals surface area contributed by atoms with E-state index in [1.807, 2.05) is 36.4 Å². The Balaban J connectivity index is 1.45. The van der Waals surface area contributed by atoms with E-state index in [1.165, 1.54) is 0 Å². The molecule has 3 aromatic carbocycles. The SMILES string of the molecule is CCCCNC(=O)[C@@H](C)N(Cc1ccc(Cl)c(Cl)c1)C(=O)CCCN1C(=O)c2cccc3cccc1c23. The summed E-state index contributed by atoms with van der Waals surface area (Å²) in [5, 5.41) is 5.73. The first-order valence-electron chi connectivity index (χ1n) is 12.7. The first kappa shape index (κ1) is 27.0. The summed E-state index contributed by atoms with van der Waals surface area (Å²) < 4.78 is 0. The van der Waals surface area contributed by atoms with Gasteiger partial charge in [0.1, 0.15) is 6.04 Å². The van der Waals surface area contributed by atoms with Gasteiger partial charge in [-0.15, -0.1) is 0 Å². The number of rotatable bonds is 11. The highest BCUT2D eigenvalue weighted by atomic mass is 35.5. The molecule has 1 aliphatic heterocycles. The Morgan fingerprint density at radius 2 is 1.78 bits per heavy atom. The Labute approximate surface area is 227 Å². The van der Waals surface area contributed by atoms with Crippen LogP contribution in [0.2, 0.25) is 10.0 Å². The minimum atomic E-state index is -0.662. The van der Waals surface area contributed by atoms with Crippen molar-refractivity contribution in [3.8, 4) is 0 Å². The number of halogens is 2. The number of benzene rings is 3. The first-order chi connectivity index (χ1) is 17.8. The molecule has 8 heteroatoms. The van der Waals surface area contributed by atoms with Crippen LogP contribution in [-0.2, 0) is 16.1 Å². The summed E-state index contributed by atoms with van der Waals surface area (Å²) in [7, 11) is 0. The normalized spacial score (nSPS) is 13.2. The summed E-state index contributed by atoms with van der Waals surface area (Å²) in [4.78, 5) is 42.6. The molecule has 0 unspecified atom stereocenters. The quantitative estimate of drug-likeness (QED) is 0.294. The Bertz CT molecular complexity index is 1320. The van der Waals surface area contributed by atoms with E-state index >= 15 is 0 Å². The number of amides is 3. The summed E-state index contributed by atoms with van der Waals surface area (Å²) in [6.45, 7) is 5.00. The van der Waals surface area contributed by atoms with E-state index in [0.29, 0.717) is 35.1 Å². The van der Waals surface area contributed by atoms with Gasteiger partial charge in [0, 0.05) is 37.0 Å². The first-order valence-corrected chi connectivity index (χ1v) is 13.4. The lowest BCUT2D eigenvalue weighted by atomic mass is 10.1. The van der Waals surface area contributed by atoms with Crippen LogP contribution in [0.1, 0.15) is 55.5 Å². The van der Waals surface area contributed by atoms with Crippen molar-refractivity contribution in [3.63, 3.8) is 0 Å². The minimum absolute atomic E-state index is 0.0458. The van der Waals surface area contributed by atoms with Gasteiger partial charge in [0.05, 0.1) is 15.7 Å². The van der Waals surface area contributed by atoms with Crippen molar-refractivity contribution < 1.29 is 14.4 Å². The Morgan fingerprint density at radius 1 is 1.03 bits per heavy atom. The molecule has 0 saturated heterocycles. The molecular formula is C29H31Cl2N3O3. The topological polar surface area (TPSA) is 69.7 Å².